The molecular formula is C31H37N5O3. The van der Waals surface area contributed by atoms with Crippen LogP contribution >= 0.6 is 0 Å². The van der Waals surface area contributed by atoms with Gasteiger partial charge in [0.2, 0.25) is 5.91 Å². The summed E-state index contributed by atoms with van der Waals surface area (Å²) in [5, 5.41) is 8.94. The quantitative estimate of drug-likeness (QED) is 0.460. The normalized spacial score (nSPS) is 17.6. The van der Waals surface area contributed by atoms with Gasteiger partial charge in [-0.2, -0.15) is 0 Å². The molecule has 3 heterocycles. The number of carbonyl (C=O) groups excluding carboxylic acids is 2. The molecule has 2 aliphatic rings. The summed E-state index contributed by atoms with van der Waals surface area (Å²) in [6.07, 6.45) is 2.70. The number of nitrogens with zero attached hydrogens (tertiary/aromatic N) is 5. The van der Waals surface area contributed by atoms with Gasteiger partial charge in [0.05, 0.1) is 11.8 Å². The Hall–Kier alpha value is -3.78. The van der Waals surface area contributed by atoms with Crippen LogP contribution in [0.1, 0.15) is 40.7 Å². The van der Waals surface area contributed by atoms with Gasteiger partial charge in [0.1, 0.15) is 6.54 Å². The number of rotatable bonds is 7. The van der Waals surface area contributed by atoms with Crippen molar-refractivity contribution in [2.75, 3.05) is 50.8 Å². The van der Waals surface area contributed by atoms with Crippen molar-refractivity contribution in [2.45, 2.75) is 39.2 Å². The van der Waals surface area contributed by atoms with Crippen molar-refractivity contribution in [3.05, 3.63) is 77.4 Å². The van der Waals surface area contributed by atoms with Crippen LogP contribution in [0, 0.1) is 13.8 Å². The molecule has 0 spiro atoms. The summed E-state index contributed by atoms with van der Waals surface area (Å²) in [5.41, 5.74) is 4.79. The molecule has 0 bridgehead atoms. The summed E-state index contributed by atoms with van der Waals surface area (Å²) in [6, 6.07) is 19.8. The number of carbonyl (C=O) groups is 2. The molecule has 0 N–H and O–H groups in total. The molecule has 2 aliphatic heterocycles. The smallest absolute Gasteiger partial charge is 0.254 e. The van der Waals surface area contributed by atoms with Crippen LogP contribution in [0.25, 0.3) is 11.3 Å². The number of hydrogen-bond acceptors (Lipinski definition) is 6. The summed E-state index contributed by atoms with van der Waals surface area (Å²) in [5.74, 6) is 0.657. The van der Waals surface area contributed by atoms with E-state index in [0.29, 0.717) is 38.3 Å². The lowest BCUT2D eigenvalue weighted by atomic mass is 10.1. The lowest BCUT2D eigenvalue weighted by Crippen LogP contribution is -2.46. The number of aryl methyl sites for hydroxylation is 2. The molecule has 1 atom stereocenters. The summed E-state index contributed by atoms with van der Waals surface area (Å²) in [6.45, 7) is 7.95. The number of anilines is 1. The number of benzene rings is 2. The van der Waals surface area contributed by atoms with Crippen LogP contribution in [-0.2, 0) is 9.53 Å². The Labute approximate surface area is 230 Å². The zero-order chi connectivity index (χ0) is 27.2. The summed E-state index contributed by atoms with van der Waals surface area (Å²) in [7, 11) is 0. The molecule has 0 saturated carbocycles. The van der Waals surface area contributed by atoms with Gasteiger partial charge in [0, 0.05) is 50.5 Å². The van der Waals surface area contributed by atoms with Crippen molar-refractivity contribution in [2.24, 2.45) is 0 Å². The van der Waals surface area contributed by atoms with Crippen LogP contribution in [0.15, 0.2) is 60.7 Å². The Bertz CT molecular complexity index is 1250. The fraction of sp³-hybridized carbons (Fsp3) is 0.419. The molecule has 204 valence electrons. The van der Waals surface area contributed by atoms with Gasteiger partial charge in [0.15, 0.2) is 5.82 Å². The third-order valence-corrected chi connectivity index (χ3v) is 7.53. The fourth-order valence-corrected chi connectivity index (χ4v) is 5.16. The topological polar surface area (TPSA) is 78.9 Å². The highest BCUT2D eigenvalue weighted by Gasteiger charge is 2.28. The highest BCUT2D eigenvalue weighted by Crippen LogP contribution is 2.21. The number of hydrogen-bond donors (Lipinski definition) is 0. The van der Waals surface area contributed by atoms with Gasteiger partial charge in [-0.3, -0.25) is 9.59 Å². The minimum absolute atomic E-state index is 0.0201. The number of amides is 2. The monoisotopic (exact) mass is 527 g/mol. The molecule has 39 heavy (non-hydrogen) atoms. The van der Waals surface area contributed by atoms with E-state index in [2.05, 4.69) is 46.3 Å². The van der Waals surface area contributed by atoms with Gasteiger partial charge >= 0.3 is 0 Å². The van der Waals surface area contributed by atoms with E-state index in [1.807, 2.05) is 48.2 Å². The molecule has 8 nitrogen and oxygen atoms in total. The molecule has 2 aromatic carbocycles. The van der Waals surface area contributed by atoms with E-state index in [1.165, 1.54) is 5.56 Å². The second kappa shape index (κ2) is 12.4. The second-order valence-corrected chi connectivity index (χ2v) is 10.6. The maximum atomic E-state index is 13.4. The summed E-state index contributed by atoms with van der Waals surface area (Å²) >= 11 is 0. The van der Waals surface area contributed by atoms with E-state index < -0.39 is 0 Å². The molecule has 1 aromatic heterocycles. The lowest BCUT2D eigenvalue weighted by molar-refractivity contribution is -0.132. The number of ether oxygens (including phenoxy) is 1. The van der Waals surface area contributed by atoms with Crippen molar-refractivity contribution in [3.8, 4) is 11.3 Å². The third kappa shape index (κ3) is 6.81. The van der Waals surface area contributed by atoms with Crippen LogP contribution in [0.2, 0.25) is 0 Å². The van der Waals surface area contributed by atoms with Gasteiger partial charge in [0.25, 0.3) is 5.91 Å². The Balaban J connectivity index is 1.21. The van der Waals surface area contributed by atoms with Crippen molar-refractivity contribution >= 4 is 17.6 Å². The van der Waals surface area contributed by atoms with Gasteiger partial charge in [-0.1, -0.05) is 47.5 Å². The Morgan fingerprint density at radius 3 is 2.28 bits per heavy atom. The molecule has 3 aromatic rings. The molecule has 2 saturated heterocycles. The van der Waals surface area contributed by atoms with Crippen LogP contribution in [-0.4, -0.2) is 83.8 Å². The molecule has 0 aliphatic carbocycles. The molecule has 8 heteroatoms. The highest BCUT2D eigenvalue weighted by molar-refractivity contribution is 5.96. The lowest BCUT2D eigenvalue weighted by Gasteiger charge is -2.28. The minimum atomic E-state index is -0.126. The van der Waals surface area contributed by atoms with Crippen LogP contribution in [0.3, 0.4) is 0 Å². The maximum absolute atomic E-state index is 13.4. The van der Waals surface area contributed by atoms with E-state index in [4.69, 9.17) is 4.74 Å². The van der Waals surface area contributed by atoms with Crippen LogP contribution in [0.4, 0.5) is 5.82 Å². The fourth-order valence-electron chi connectivity index (χ4n) is 5.16. The highest BCUT2D eigenvalue weighted by atomic mass is 16.5. The average molecular weight is 528 g/mol. The second-order valence-electron chi connectivity index (χ2n) is 10.6. The number of aromatic nitrogens is 2. The Morgan fingerprint density at radius 2 is 1.62 bits per heavy atom. The maximum Gasteiger partial charge on any atom is 0.254 e. The standard InChI is InChI=1S/C31H37N5O3/c1-23-6-10-25(11-7-23)28-14-15-29(33-32-28)34-16-4-17-35(19-18-34)30(37)22-36(21-27-5-3-20-39-27)31(38)26-12-8-24(2)9-13-26/h6-15,27H,3-5,16-22H2,1-2H3/t27-/m1/s1. The largest absolute Gasteiger partial charge is 0.376 e. The molecule has 0 radical (unpaired) electrons. The zero-order valence-corrected chi connectivity index (χ0v) is 22.9. The van der Waals surface area contributed by atoms with E-state index >= 15 is 0 Å². The predicted molar refractivity (Wildman–Crippen MR) is 152 cm³/mol. The molecule has 0 unspecified atom stereocenters. The first-order valence-electron chi connectivity index (χ1n) is 13.9. The van der Waals surface area contributed by atoms with E-state index in [9.17, 15) is 9.59 Å². The predicted octanol–water partition coefficient (Wildman–Crippen LogP) is 4.12. The molecular weight excluding hydrogens is 490 g/mol. The van der Waals surface area contributed by atoms with Crippen LogP contribution < -0.4 is 4.90 Å². The summed E-state index contributed by atoms with van der Waals surface area (Å²) in [4.78, 5) is 32.6. The van der Waals surface area contributed by atoms with Gasteiger partial charge < -0.3 is 19.4 Å². The van der Waals surface area contributed by atoms with E-state index in [-0.39, 0.29) is 24.5 Å². The Morgan fingerprint density at radius 1 is 0.872 bits per heavy atom. The van der Waals surface area contributed by atoms with E-state index in [1.54, 1.807) is 4.90 Å². The summed E-state index contributed by atoms with van der Waals surface area (Å²) < 4.78 is 5.80. The first-order chi connectivity index (χ1) is 19.0. The first kappa shape index (κ1) is 26.8. The van der Waals surface area contributed by atoms with Crippen molar-refractivity contribution < 1.29 is 14.3 Å². The van der Waals surface area contributed by atoms with E-state index in [0.717, 1.165) is 48.4 Å². The van der Waals surface area contributed by atoms with Gasteiger partial charge in [-0.15, -0.1) is 10.2 Å². The van der Waals surface area contributed by atoms with Crippen molar-refractivity contribution in [1.82, 2.24) is 20.0 Å². The SMILES string of the molecule is Cc1ccc(C(=O)N(CC(=O)N2CCCN(c3ccc(-c4ccc(C)cc4)nn3)CC2)C[C@H]2CCCO2)cc1. The molecule has 5 rings (SSSR count). The zero-order valence-electron chi connectivity index (χ0n) is 22.9. The van der Waals surface area contributed by atoms with Crippen molar-refractivity contribution in [3.63, 3.8) is 0 Å². The molecule has 2 amide bonds. The minimum Gasteiger partial charge on any atom is -0.376 e. The third-order valence-electron chi connectivity index (χ3n) is 7.53. The van der Waals surface area contributed by atoms with Gasteiger partial charge in [-0.25, -0.2) is 0 Å². The van der Waals surface area contributed by atoms with Gasteiger partial charge in [-0.05, 0) is 57.4 Å². The average Bonchev–Trinajstić information content (AvgIpc) is 3.34. The Kier molecular flexibility index (Phi) is 8.51. The van der Waals surface area contributed by atoms with Crippen molar-refractivity contribution in [1.29, 1.82) is 0 Å². The first-order valence-corrected chi connectivity index (χ1v) is 13.9. The van der Waals surface area contributed by atoms with Crippen LogP contribution in [0.5, 0.6) is 0 Å². The molecule has 2 fully saturated rings.